The van der Waals surface area contributed by atoms with E-state index in [-0.39, 0.29) is 0 Å². The lowest BCUT2D eigenvalue weighted by Crippen LogP contribution is -3.09. The van der Waals surface area contributed by atoms with Gasteiger partial charge in [-0.3, -0.25) is 0 Å². The van der Waals surface area contributed by atoms with Gasteiger partial charge >= 0.3 is 52.5 Å². The summed E-state index contributed by atoms with van der Waals surface area (Å²) in [5.74, 6) is -46.6. The summed E-state index contributed by atoms with van der Waals surface area (Å²) in [7, 11) is 0. The minimum atomic E-state index is -7.84. The minimum Gasteiger partial charge on any atom is -0.373 e. The maximum Gasteiger partial charge on any atom is 0.339 e. The summed E-state index contributed by atoms with van der Waals surface area (Å²) < 4.78 is 207. The van der Waals surface area contributed by atoms with Crippen molar-refractivity contribution in [3.8, 4) is 0 Å². The quantitative estimate of drug-likeness (QED) is 0.591. The molecule has 0 saturated heterocycles. The van der Waals surface area contributed by atoms with Gasteiger partial charge in [0.15, 0.2) is 0 Å². The van der Waals surface area contributed by atoms with Crippen molar-refractivity contribution in [2.75, 3.05) is 0 Å². The summed E-state index contributed by atoms with van der Waals surface area (Å²) in [6.45, 7) is 0. The molecule has 0 aromatic heterocycles. The molecular weight excluding hydrogens is 421 g/mol. The number of alkyl halides is 15. The summed E-state index contributed by atoms with van der Waals surface area (Å²) in [6.07, 6.45) is 0. The molecule has 16 heteroatoms. The van der Waals surface area contributed by atoms with Gasteiger partial charge in [-0.15, -0.1) is 0 Å². The van der Waals surface area contributed by atoms with E-state index in [9.17, 15) is 65.9 Å². The molecule has 26 heavy (non-hydrogen) atoms. The Kier molecular flexibility index (Phi) is 2.74. The zero-order valence-electron chi connectivity index (χ0n) is 11.1. The molecule has 1 nitrogen and oxygen atoms in total. The van der Waals surface area contributed by atoms with Crippen molar-refractivity contribution in [3.63, 3.8) is 0 Å². The van der Waals surface area contributed by atoms with Gasteiger partial charge in [0.05, 0.1) is 0 Å². The maximum atomic E-state index is 14.1. The number of rotatable bonds is 0. The van der Waals surface area contributed by atoms with Gasteiger partial charge in [0.1, 0.15) is 0 Å². The van der Waals surface area contributed by atoms with Gasteiger partial charge in [0.25, 0.3) is 5.60 Å². The van der Waals surface area contributed by atoms with Crippen LogP contribution < -0.4 is 0 Å². The third-order valence-electron chi connectivity index (χ3n) is 5.26. The van der Waals surface area contributed by atoms with E-state index in [1.54, 1.807) is 0 Å². The molecule has 0 aromatic carbocycles. The lowest BCUT2D eigenvalue weighted by molar-refractivity contribution is -0.616. The van der Waals surface area contributed by atoms with Crippen LogP contribution >= 0.6 is 0 Å². The van der Waals surface area contributed by atoms with E-state index in [4.69, 9.17) is 5.11 Å². The first-order valence-electron chi connectivity index (χ1n) is 6.06. The summed E-state index contributed by atoms with van der Waals surface area (Å²) in [5.41, 5.74) is -30.4. The molecule has 0 unspecified atom stereocenters. The van der Waals surface area contributed by atoms with Gasteiger partial charge in [-0.25, -0.2) is 13.2 Å². The molecule has 4 rings (SSSR count). The lowest BCUT2D eigenvalue weighted by Gasteiger charge is -2.73. The summed E-state index contributed by atoms with van der Waals surface area (Å²) in [6, 6.07) is 0. The first kappa shape index (κ1) is 19.7. The van der Waals surface area contributed by atoms with Crippen molar-refractivity contribution in [2.24, 2.45) is 0 Å². The van der Waals surface area contributed by atoms with Crippen LogP contribution in [0.3, 0.4) is 0 Å². The van der Waals surface area contributed by atoms with E-state index < -0.39 is 58.1 Å². The summed E-state index contributed by atoms with van der Waals surface area (Å²) in [5, 5.41) is 8.91. The summed E-state index contributed by atoms with van der Waals surface area (Å²) in [4.78, 5) is 0. The predicted molar refractivity (Wildman–Crippen MR) is 46.1 cm³/mol. The van der Waals surface area contributed by atoms with Gasteiger partial charge in [0.2, 0.25) is 0 Å². The molecule has 4 bridgehead atoms. The zero-order valence-corrected chi connectivity index (χ0v) is 11.1. The highest BCUT2D eigenvalue weighted by Crippen LogP contribution is 2.88. The molecule has 0 aliphatic heterocycles. The molecule has 4 fully saturated rings. The minimum absolute atomic E-state index is 7.32. The first-order chi connectivity index (χ1) is 11.0. The zero-order chi connectivity index (χ0) is 21.0. The van der Waals surface area contributed by atoms with Gasteiger partial charge in [-0.05, 0) is 0 Å². The van der Waals surface area contributed by atoms with Gasteiger partial charge in [0, 0.05) is 0 Å². The molecule has 4 aliphatic carbocycles. The highest BCUT2D eigenvalue weighted by atomic mass is 19.3. The van der Waals surface area contributed by atoms with E-state index in [1.165, 1.54) is 0 Å². The van der Waals surface area contributed by atoms with E-state index >= 15 is 0 Å². The SMILES string of the molecule is OC12C(F)(F)C3(F)C(F)(F)C(F)(C1(F)F)C(F)(F)C(F)(C2(F)F)C3(F)F. The van der Waals surface area contributed by atoms with Crippen LogP contribution in [0.5, 0.6) is 0 Å². The number of hydrogen-bond donors (Lipinski definition) is 1. The van der Waals surface area contributed by atoms with E-state index in [1.807, 2.05) is 0 Å². The normalized spacial score (nSPS) is 53.5. The van der Waals surface area contributed by atoms with Crippen molar-refractivity contribution >= 4 is 0 Å². The Morgan fingerprint density at radius 2 is 0.462 bits per heavy atom. The van der Waals surface area contributed by atoms with Crippen LogP contribution in [0.2, 0.25) is 0 Å². The van der Waals surface area contributed by atoms with Crippen LogP contribution in [-0.4, -0.2) is 63.2 Å². The van der Waals surface area contributed by atoms with E-state index in [0.29, 0.717) is 0 Å². The van der Waals surface area contributed by atoms with Crippen LogP contribution in [0, 0.1) is 0 Å². The molecule has 1 N–H and O–H groups in total. The molecular formula is C10HF15O. The fourth-order valence-electron chi connectivity index (χ4n) is 3.83. The largest absolute Gasteiger partial charge is 0.373 e. The topological polar surface area (TPSA) is 20.2 Å². The Labute approximate surface area is 130 Å². The second-order valence-electron chi connectivity index (χ2n) is 6.13. The van der Waals surface area contributed by atoms with Crippen molar-refractivity contribution in [1.29, 1.82) is 0 Å². The maximum absolute atomic E-state index is 14.1. The van der Waals surface area contributed by atoms with Crippen molar-refractivity contribution in [2.45, 2.75) is 58.1 Å². The Hall–Kier alpha value is -1.09. The number of aliphatic hydroxyl groups is 1. The standard InChI is InChI=1S/C10HF15O/c11-1-5(14,15)2(12)7(18,19)3(13,6(1,16)17)10(24,25)4(26,8(1,20)21)9(2,22)23/h26H. The average Bonchev–Trinajstić information content (AvgIpc) is 2.46. The molecule has 0 aromatic rings. The first-order valence-corrected chi connectivity index (χ1v) is 6.06. The Balaban J connectivity index is 2.71. The third kappa shape index (κ3) is 0.962. The van der Waals surface area contributed by atoms with Crippen LogP contribution in [-0.2, 0) is 0 Å². The van der Waals surface area contributed by atoms with Crippen molar-refractivity contribution in [3.05, 3.63) is 0 Å². The van der Waals surface area contributed by atoms with E-state index in [0.717, 1.165) is 0 Å². The number of hydrogen-bond acceptors (Lipinski definition) is 1. The van der Waals surface area contributed by atoms with Crippen LogP contribution in [0.4, 0.5) is 65.9 Å². The van der Waals surface area contributed by atoms with Crippen LogP contribution in [0.1, 0.15) is 0 Å². The summed E-state index contributed by atoms with van der Waals surface area (Å²) >= 11 is 0. The molecule has 0 heterocycles. The molecule has 0 atom stereocenters. The fraction of sp³-hybridized carbons (Fsp3) is 1.00. The van der Waals surface area contributed by atoms with E-state index in [2.05, 4.69) is 0 Å². The predicted octanol–water partition coefficient (Wildman–Crippen LogP) is 3.69. The average molecular weight is 422 g/mol. The molecule has 4 saturated carbocycles. The molecule has 0 amide bonds. The Morgan fingerprint density at radius 1 is 0.308 bits per heavy atom. The fourth-order valence-corrected chi connectivity index (χ4v) is 3.83. The second-order valence-corrected chi connectivity index (χ2v) is 6.13. The number of halogens is 15. The van der Waals surface area contributed by atoms with Gasteiger partial charge < -0.3 is 5.11 Å². The lowest BCUT2D eigenvalue weighted by atomic mass is 9.40. The Morgan fingerprint density at radius 3 is 0.615 bits per heavy atom. The Bertz CT molecular complexity index is 512. The molecule has 152 valence electrons. The van der Waals surface area contributed by atoms with Gasteiger partial charge in [-0.1, -0.05) is 0 Å². The monoisotopic (exact) mass is 422 g/mol. The highest BCUT2D eigenvalue weighted by Gasteiger charge is 3.23. The van der Waals surface area contributed by atoms with Gasteiger partial charge in [-0.2, -0.15) is 52.7 Å². The van der Waals surface area contributed by atoms with Crippen molar-refractivity contribution < 1.29 is 71.0 Å². The second kappa shape index (κ2) is 3.62. The van der Waals surface area contributed by atoms with Crippen molar-refractivity contribution in [1.82, 2.24) is 0 Å². The van der Waals surface area contributed by atoms with Crippen LogP contribution in [0.25, 0.3) is 0 Å². The van der Waals surface area contributed by atoms with Crippen LogP contribution in [0.15, 0.2) is 0 Å². The highest BCUT2D eigenvalue weighted by molar-refractivity contribution is 5.53. The molecule has 0 radical (unpaired) electrons. The smallest absolute Gasteiger partial charge is 0.339 e. The third-order valence-corrected chi connectivity index (χ3v) is 5.26. The molecule has 4 aliphatic rings. The molecule has 0 spiro atoms.